The molecule has 3 nitrogen and oxygen atoms in total. The van der Waals surface area contributed by atoms with E-state index >= 15 is 0 Å². The van der Waals surface area contributed by atoms with Crippen molar-refractivity contribution in [3.8, 4) is 0 Å². The van der Waals surface area contributed by atoms with Crippen LogP contribution in [0.1, 0.15) is 0 Å². The van der Waals surface area contributed by atoms with E-state index in [4.69, 9.17) is 0 Å². The Balaban J connectivity index is 0.000000132. The number of aliphatic imine (C=N–C) groups is 1. The van der Waals surface area contributed by atoms with Gasteiger partial charge in [0, 0.05) is 12.1 Å². The summed E-state index contributed by atoms with van der Waals surface area (Å²) in [4.78, 5) is 3.91. The fourth-order valence-electron chi connectivity index (χ4n) is 0.869. The highest BCUT2D eigenvalue weighted by Crippen LogP contribution is 1.73. The van der Waals surface area contributed by atoms with Crippen LogP contribution in [-0.2, 0) is 7.05 Å². The Hall–Kier alpha value is -1.51. The first-order valence-electron chi connectivity index (χ1n) is 4.23. The van der Waals surface area contributed by atoms with Gasteiger partial charge in [-0.1, -0.05) is 6.07 Å². The Morgan fingerprint density at radius 1 is 1.08 bits per heavy atom. The zero-order valence-electron chi connectivity index (χ0n) is 8.09. The number of hydrogen-bond acceptors (Lipinski definition) is 1. The van der Waals surface area contributed by atoms with Crippen LogP contribution in [0.2, 0.25) is 0 Å². The Morgan fingerprint density at radius 3 is 2.00 bits per heavy atom. The summed E-state index contributed by atoms with van der Waals surface area (Å²) in [6, 6.07) is 6.00. The molecule has 1 aromatic rings. The SMILES string of the molecule is C[N+]1=CC=NC1.C[n+]1ccccc1. The summed E-state index contributed by atoms with van der Waals surface area (Å²) in [6.45, 7) is 0.833. The smallest absolute Gasteiger partial charge is 0.222 e. The van der Waals surface area contributed by atoms with Crippen LogP contribution in [0, 0.1) is 0 Å². The van der Waals surface area contributed by atoms with Crippen molar-refractivity contribution < 1.29 is 9.14 Å². The van der Waals surface area contributed by atoms with E-state index in [0.717, 1.165) is 6.67 Å². The number of aromatic nitrogens is 1. The van der Waals surface area contributed by atoms with Crippen molar-refractivity contribution in [3.05, 3.63) is 30.6 Å². The Bertz CT molecular complexity index is 301. The van der Waals surface area contributed by atoms with Crippen molar-refractivity contribution >= 4 is 12.4 Å². The van der Waals surface area contributed by atoms with Crippen molar-refractivity contribution in [2.75, 3.05) is 13.7 Å². The van der Waals surface area contributed by atoms with Gasteiger partial charge in [-0.15, -0.1) is 0 Å². The van der Waals surface area contributed by atoms with E-state index in [1.165, 1.54) is 0 Å². The van der Waals surface area contributed by atoms with Crippen LogP contribution >= 0.6 is 0 Å². The lowest BCUT2D eigenvalue weighted by Crippen LogP contribution is -2.25. The molecule has 0 saturated heterocycles. The van der Waals surface area contributed by atoms with Crippen molar-refractivity contribution in [1.29, 1.82) is 0 Å². The molecular formula is C10H15N3+2. The predicted octanol–water partition coefficient (Wildman–Crippen LogP) is 0.252. The van der Waals surface area contributed by atoms with Gasteiger partial charge < -0.3 is 0 Å². The molecule has 0 spiro atoms. The average molecular weight is 177 g/mol. The monoisotopic (exact) mass is 177 g/mol. The summed E-state index contributed by atoms with van der Waals surface area (Å²) >= 11 is 0. The van der Waals surface area contributed by atoms with E-state index < -0.39 is 0 Å². The van der Waals surface area contributed by atoms with Crippen LogP contribution in [0.3, 0.4) is 0 Å². The lowest BCUT2D eigenvalue weighted by molar-refractivity contribution is -0.671. The molecule has 0 aliphatic carbocycles. The summed E-state index contributed by atoms with van der Waals surface area (Å²) in [7, 11) is 3.99. The van der Waals surface area contributed by atoms with Gasteiger partial charge in [-0.25, -0.2) is 14.1 Å². The molecule has 0 fully saturated rings. The third kappa shape index (κ3) is 4.15. The molecule has 2 heterocycles. The molecule has 1 aliphatic heterocycles. The molecule has 0 amide bonds. The van der Waals surface area contributed by atoms with Crippen LogP contribution < -0.4 is 4.57 Å². The van der Waals surface area contributed by atoms with E-state index in [2.05, 4.69) is 4.99 Å². The first kappa shape index (κ1) is 9.58. The molecule has 2 rings (SSSR count). The standard InChI is InChI=1S/C6H8N.C4H7N2/c1-7-5-3-2-4-6-7;1-6-3-2-5-4-6/h2-6H,1H3;2-3H,4H2,1H3/q2*+1. The second-order valence-corrected chi connectivity index (χ2v) is 2.92. The van der Waals surface area contributed by atoms with Crippen LogP contribution in [0.5, 0.6) is 0 Å². The molecule has 0 atom stereocenters. The molecule has 1 aliphatic rings. The number of aryl methyl sites for hydroxylation is 1. The second kappa shape index (κ2) is 5.19. The predicted molar refractivity (Wildman–Crippen MR) is 53.2 cm³/mol. The van der Waals surface area contributed by atoms with Gasteiger partial charge in [0.05, 0.1) is 6.21 Å². The van der Waals surface area contributed by atoms with Gasteiger partial charge in [-0.2, -0.15) is 0 Å². The minimum Gasteiger partial charge on any atom is -0.222 e. The third-order valence-electron chi connectivity index (χ3n) is 1.60. The summed E-state index contributed by atoms with van der Waals surface area (Å²) in [5.41, 5.74) is 0. The maximum Gasteiger partial charge on any atom is 0.235 e. The third-order valence-corrected chi connectivity index (χ3v) is 1.60. The normalized spacial score (nSPS) is 13.2. The van der Waals surface area contributed by atoms with E-state index in [1.807, 2.05) is 60.0 Å². The second-order valence-electron chi connectivity index (χ2n) is 2.92. The lowest BCUT2D eigenvalue weighted by Gasteiger charge is -1.77. The highest BCUT2D eigenvalue weighted by atomic mass is 15.1. The van der Waals surface area contributed by atoms with Gasteiger partial charge in [0.25, 0.3) is 0 Å². The summed E-state index contributed by atoms with van der Waals surface area (Å²) < 4.78 is 4.01. The molecule has 68 valence electrons. The Labute approximate surface area is 78.7 Å². The average Bonchev–Trinajstić information content (AvgIpc) is 2.58. The molecular weight excluding hydrogens is 162 g/mol. The van der Waals surface area contributed by atoms with Gasteiger partial charge in [0.1, 0.15) is 14.1 Å². The summed E-state index contributed by atoms with van der Waals surface area (Å²) in [6.07, 6.45) is 7.75. The Morgan fingerprint density at radius 2 is 1.77 bits per heavy atom. The van der Waals surface area contributed by atoms with Crippen LogP contribution in [0.4, 0.5) is 0 Å². The number of rotatable bonds is 0. The molecule has 0 bridgehead atoms. The quantitative estimate of drug-likeness (QED) is 0.506. The fourth-order valence-corrected chi connectivity index (χ4v) is 0.869. The van der Waals surface area contributed by atoms with Gasteiger partial charge in [0.2, 0.25) is 6.67 Å². The topological polar surface area (TPSA) is 19.2 Å². The van der Waals surface area contributed by atoms with Gasteiger partial charge >= 0.3 is 0 Å². The van der Waals surface area contributed by atoms with Crippen molar-refractivity contribution in [2.24, 2.45) is 12.0 Å². The maximum absolute atomic E-state index is 3.91. The van der Waals surface area contributed by atoms with Crippen molar-refractivity contribution in [2.45, 2.75) is 0 Å². The van der Waals surface area contributed by atoms with E-state index in [0.29, 0.717) is 0 Å². The first-order chi connectivity index (χ1) is 6.29. The molecule has 0 saturated carbocycles. The number of hydrogen-bond donors (Lipinski definition) is 0. The molecule has 0 aromatic carbocycles. The zero-order chi connectivity index (χ0) is 9.52. The van der Waals surface area contributed by atoms with E-state index in [-0.39, 0.29) is 0 Å². The highest BCUT2D eigenvalue weighted by molar-refractivity contribution is 6.14. The van der Waals surface area contributed by atoms with E-state index in [9.17, 15) is 0 Å². The van der Waals surface area contributed by atoms with Crippen LogP contribution in [0.15, 0.2) is 35.6 Å². The molecule has 3 heteroatoms. The minimum atomic E-state index is 0.833. The molecule has 0 N–H and O–H groups in total. The van der Waals surface area contributed by atoms with Crippen molar-refractivity contribution in [3.63, 3.8) is 0 Å². The van der Waals surface area contributed by atoms with E-state index in [1.54, 1.807) is 6.21 Å². The molecule has 0 unspecified atom stereocenters. The van der Waals surface area contributed by atoms with Gasteiger partial charge in [0.15, 0.2) is 18.6 Å². The Kier molecular flexibility index (Phi) is 3.82. The number of pyridine rings is 1. The molecule has 13 heavy (non-hydrogen) atoms. The van der Waals surface area contributed by atoms with Crippen LogP contribution in [0.25, 0.3) is 0 Å². The summed E-state index contributed by atoms with van der Waals surface area (Å²) in [5.74, 6) is 0. The largest absolute Gasteiger partial charge is 0.235 e. The maximum atomic E-state index is 3.91. The highest BCUT2D eigenvalue weighted by Gasteiger charge is 1.93. The van der Waals surface area contributed by atoms with Crippen LogP contribution in [-0.4, -0.2) is 30.7 Å². The zero-order valence-corrected chi connectivity index (χ0v) is 8.09. The van der Waals surface area contributed by atoms with Gasteiger partial charge in [-0.05, 0) is 0 Å². The van der Waals surface area contributed by atoms with Crippen molar-refractivity contribution in [1.82, 2.24) is 0 Å². The summed E-state index contributed by atoms with van der Waals surface area (Å²) in [5, 5.41) is 0. The lowest BCUT2D eigenvalue weighted by atomic mass is 10.5. The van der Waals surface area contributed by atoms with Gasteiger partial charge in [-0.3, -0.25) is 0 Å². The minimum absolute atomic E-state index is 0.833. The number of nitrogens with zero attached hydrogens (tertiary/aromatic N) is 3. The first-order valence-corrected chi connectivity index (χ1v) is 4.23. The fraction of sp³-hybridized carbons (Fsp3) is 0.300. The molecule has 1 aromatic heterocycles. The molecule has 0 radical (unpaired) electrons.